The molecule has 1 aliphatic carbocycles. The van der Waals surface area contributed by atoms with Crippen LogP contribution in [0.2, 0.25) is 0 Å². The van der Waals surface area contributed by atoms with Crippen LogP contribution < -0.4 is 10.6 Å². The Morgan fingerprint density at radius 2 is 1.50 bits per heavy atom. The van der Waals surface area contributed by atoms with E-state index in [9.17, 15) is 19.5 Å². The van der Waals surface area contributed by atoms with Crippen LogP contribution in [0.3, 0.4) is 0 Å². The van der Waals surface area contributed by atoms with Gasteiger partial charge in [0.2, 0.25) is 5.91 Å². The number of ether oxygens (including phenoxy) is 1. The standard InChI is InChI=1S/C27H26N2O5/c1-17(25(30)28-15-14-18-8-2-3-9-19(18)26(31)32)29-27(33)34-16-24-22-12-6-4-10-20(22)21-11-5-7-13-23(21)24/h2-13,17,24H,14-16H2,1H3,(H,28,30)(H,29,33)(H,31,32)/t17-/m0/s1. The second-order valence-electron chi connectivity index (χ2n) is 8.19. The first-order chi connectivity index (χ1) is 16.5. The molecule has 0 saturated heterocycles. The highest BCUT2D eigenvalue weighted by atomic mass is 16.5. The topological polar surface area (TPSA) is 105 Å². The summed E-state index contributed by atoms with van der Waals surface area (Å²) < 4.78 is 5.48. The number of hydrogen-bond acceptors (Lipinski definition) is 4. The van der Waals surface area contributed by atoms with Gasteiger partial charge in [-0.2, -0.15) is 0 Å². The predicted octanol–water partition coefficient (Wildman–Crippen LogP) is 3.97. The first kappa shape index (κ1) is 23.0. The molecule has 4 rings (SSSR count). The molecule has 1 atom stereocenters. The van der Waals surface area contributed by atoms with Gasteiger partial charge in [0.05, 0.1) is 5.56 Å². The first-order valence-electron chi connectivity index (χ1n) is 11.2. The lowest BCUT2D eigenvalue weighted by Gasteiger charge is -2.17. The maximum absolute atomic E-state index is 12.4. The third kappa shape index (κ3) is 4.93. The monoisotopic (exact) mass is 458 g/mol. The zero-order chi connectivity index (χ0) is 24.1. The second kappa shape index (κ2) is 10.2. The normalized spacial score (nSPS) is 12.9. The van der Waals surface area contributed by atoms with Gasteiger partial charge in [0.25, 0.3) is 0 Å². The van der Waals surface area contributed by atoms with Crippen LogP contribution >= 0.6 is 0 Å². The zero-order valence-electron chi connectivity index (χ0n) is 18.8. The molecule has 3 N–H and O–H groups in total. The number of alkyl carbamates (subject to hydrolysis) is 1. The van der Waals surface area contributed by atoms with E-state index in [0.717, 1.165) is 22.3 Å². The Balaban J connectivity index is 1.27. The quantitative estimate of drug-likeness (QED) is 0.474. The van der Waals surface area contributed by atoms with Gasteiger partial charge >= 0.3 is 12.1 Å². The van der Waals surface area contributed by atoms with Crippen molar-refractivity contribution < 1.29 is 24.2 Å². The van der Waals surface area contributed by atoms with E-state index in [1.54, 1.807) is 25.1 Å². The third-order valence-corrected chi connectivity index (χ3v) is 6.01. The number of amides is 2. The Kier molecular flexibility index (Phi) is 6.92. The van der Waals surface area contributed by atoms with Gasteiger partial charge in [-0.15, -0.1) is 0 Å². The largest absolute Gasteiger partial charge is 0.478 e. The SMILES string of the molecule is C[C@H](NC(=O)OCC1c2ccccc2-c2ccccc21)C(=O)NCCc1ccccc1C(=O)O. The molecule has 3 aromatic rings. The summed E-state index contributed by atoms with van der Waals surface area (Å²) in [5.74, 6) is -1.44. The van der Waals surface area contributed by atoms with E-state index in [4.69, 9.17) is 4.74 Å². The molecule has 7 heteroatoms. The van der Waals surface area contributed by atoms with Crippen LogP contribution in [0.1, 0.15) is 39.9 Å². The van der Waals surface area contributed by atoms with Crippen LogP contribution in [0, 0.1) is 0 Å². The Morgan fingerprint density at radius 3 is 2.15 bits per heavy atom. The molecule has 2 amide bonds. The molecule has 0 heterocycles. The minimum atomic E-state index is -1.01. The van der Waals surface area contributed by atoms with Crippen LogP contribution in [0.25, 0.3) is 11.1 Å². The molecule has 7 nitrogen and oxygen atoms in total. The summed E-state index contributed by atoms with van der Waals surface area (Å²) in [4.78, 5) is 36.0. The number of carbonyl (C=O) groups excluding carboxylic acids is 2. The van der Waals surface area contributed by atoms with Gasteiger partial charge in [-0.3, -0.25) is 4.79 Å². The summed E-state index contributed by atoms with van der Waals surface area (Å²) in [6.45, 7) is 1.99. The maximum Gasteiger partial charge on any atom is 0.407 e. The van der Waals surface area contributed by atoms with Gasteiger partial charge < -0.3 is 20.5 Å². The Bertz CT molecular complexity index is 1180. The van der Waals surface area contributed by atoms with E-state index in [2.05, 4.69) is 22.8 Å². The van der Waals surface area contributed by atoms with E-state index in [-0.39, 0.29) is 30.5 Å². The number of fused-ring (bicyclic) bond motifs is 3. The fourth-order valence-electron chi connectivity index (χ4n) is 4.30. The maximum atomic E-state index is 12.4. The lowest BCUT2D eigenvalue weighted by Crippen LogP contribution is -2.45. The average Bonchev–Trinajstić information content (AvgIpc) is 3.16. The van der Waals surface area contributed by atoms with Gasteiger partial charge in [0.1, 0.15) is 12.6 Å². The van der Waals surface area contributed by atoms with Crippen molar-refractivity contribution in [2.24, 2.45) is 0 Å². The van der Waals surface area contributed by atoms with E-state index >= 15 is 0 Å². The summed E-state index contributed by atoms with van der Waals surface area (Å²) in [5.41, 5.74) is 5.36. The van der Waals surface area contributed by atoms with E-state index in [1.807, 2.05) is 36.4 Å². The molecule has 0 bridgehead atoms. The van der Waals surface area contributed by atoms with Crippen LogP contribution in [0.5, 0.6) is 0 Å². The Hall–Kier alpha value is -4.13. The fraction of sp³-hybridized carbons (Fsp3) is 0.222. The predicted molar refractivity (Wildman–Crippen MR) is 128 cm³/mol. The number of rotatable bonds is 8. The molecule has 1 aliphatic rings. The number of carboxylic acid groups (broad SMARTS) is 1. The van der Waals surface area contributed by atoms with Gasteiger partial charge in [0.15, 0.2) is 0 Å². The third-order valence-electron chi connectivity index (χ3n) is 6.01. The number of carbonyl (C=O) groups is 3. The Labute approximate surface area is 197 Å². The summed E-state index contributed by atoms with van der Waals surface area (Å²) in [6.07, 6.45) is -0.299. The van der Waals surface area contributed by atoms with Crippen LogP contribution in [-0.4, -0.2) is 42.3 Å². The van der Waals surface area contributed by atoms with Gasteiger partial charge in [-0.1, -0.05) is 66.7 Å². The van der Waals surface area contributed by atoms with Gasteiger partial charge in [-0.05, 0) is 47.2 Å². The van der Waals surface area contributed by atoms with Crippen LogP contribution in [0.4, 0.5) is 4.79 Å². The average molecular weight is 459 g/mol. The summed E-state index contributed by atoms with van der Waals surface area (Å²) in [6, 6.07) is 22.0. The molecule has 0 aromatic heterocycles. The molecular formula is C27H26N2O5. The summed E-state index contributed by atoms with van der Waals surface area (Å²) in [7, 11) is 0. The van der Waals surface area contributed by atoms with E-state index in [1.165, 1.54) is 6.07 Å². The number of benzene rings is 3. The van der Waals surface area contributed by atoms with Crippen LogP contribution in [0.15, 0.2) is 72.8 Å². The van der Waals surface area contributed by atoms with E-state index < -0.39 is 18.1 Å². The lowest BCUT2D eigenvalue weighted by atomic mass is 9.98. The molecule has 0 fully saturated rings. The number of carboxylic acids is 1. The van der Waals surface area contributed by atoms with Crippen molar-refractivity contribution >= 4 is 18.0 Å². The fourth-order valence-corrected chi connectivity index (χ4v) is 4.30. The highest BCUT2D eigenvalue weighted by Gasteiger charge is 2.29. The van der Waals surface area contributed by atoms with Gasteiger partial charge in [0, 0.05) is 12.5 Å². The minimum Gasteiger partial charge on any atom is -0.478 e. The van der Waals surface area contributed by atoms with E-state index in [0.29, 0.717) is 12.0 Å². The highest BCUT2D eigenvalue weighted by molar-refractivity contribution is 5.89. The number of hydrogen-bond donors (Lipinski definition) is 3. The number of aromatic carboxylic acids is 1. The Morgan fingerprint density at radius 1 is 0.912 bits per heavy atom. The van der Waals surface area contributed by atoms with Crippen LogP contribution in [-0.2, 0) is 16.0 Å². The van der Waals surface area contributed by atoms with Crippen molar-refractivity contribution in [2.75, 3.05) is 13.2 Å². The van der Waals surface area contributed by atoms with Crippen molar-refractivity contribution in [2.45, 2.75) is 25.3 Å². The lowest BCUT2D eigenvalue weighted by molar-refractivity contribution is -0.122. The molecule has 0 aliphatic heterocycles. The molecule has 0 spiro atoms. The molecule has 174 valence electrons. The van der Waals surface area contributed by atoms with Crippen molar-refractivity contribution in [3.05, 3.63) is 95.1 Å². The van der Waals surface area contributed by atoms with Crippen molar-refractivity contribution in [3.8, 4) is 11.1 Å². The minimum absolute atomic E-state index is 0.0587. The summed E-state index contributed by atoms with van der Waals surface area (Å²) >= 11 is 0. The molecule has 3 aromatic carbocycles. The van der Waals surface area contributed by atoms with Crippen molar-refractivity contribution in [3.63, 3.8) is 0 Å². The molecular weight excluding hydrogens is 432 g/mol. The first-order valence-corrected chi connectivity index (χ1v) is 11.2. The highest BCUT2D eigenvalue weighted by Crippen LogP contribution is 2.44. The van der Waals surface area contributed by atoms with Gasteiger partial charge in [-0.25, -0.2) is 9.59 Å². The molecule has 0 saturated carbocycles. The number of nitrogens with one attached hydrogen (secondary N) is 2. The van der Waals surface area contributed by atoms with Crippen molar-refractivity contribution in [1.29, 1.82) is 0 Å². The second-order valence-corrected chi connectivity index (χ2v) is 8.19. The zero-order valence-corrected chi connectivity index (χ0v) is 18.8. The van der Waals surface area contributed by atoms with Crippen molar-refractivity contribution in [1.82, 2.24) is 10.6 Å². The smallest absolute Gasteiger partial charge is 0.407 e. The molecule has 0 unspecified atom stereocenters. The molecule has 0 radical (unpaired) electrons. The molecule has 34 heavy (non-hydrogen) atoms. The summed E-state index contributed by atoms with van der Waals surface area (Å²) in [5, 5.41) is 14.5.